The number of rotatable bonds is 5. The van der Waals surface area contributed by atoms with Crippen molar-refractivity contribution in [2.75, 3.05) is 17.7 Å². The molecule has 1 fully saturated rings. The van der Waals surface area contributed by atoms with Gasteiger partial charge in [0.15, 0.2) is 11.2 Å². The van der Waals surface area contributed by atoms with Crippen LogP contribution in [0.4, 0.5) is 17.6 Å². The summed E-state index contributed by atoms with van der Waals surface area (Å²) in [5, 5.41) is 22.9. The summed E-state index contributed by atoms with van der Waals surface area (Å²) in [6, 6.07) is 17.8. The summed E-state index contributed by atoms with van der Waals surface area (Å²) < 4.78 is 7.39. The molecule has 32 heavy (non-hydrogen) atoms. The third-order valence-electron chi connectivity index (χ3n) is 5.49. The third-order valence-corrected chi connectivity index (χ3v) is 5.49. The number of fused-ring (bicyclic) bond motifs is 1. The first-order chi connectivity index (χ1) is 15.5. The van der Waals surface area contributed by atoms with Gasteiger partial charge in [-0.3, -0.25) is 14.3 Å². The first kappa shape index (κ1) is 20.2. The van der Waals surface area contributed by atoms with Gasteiger partial charge >= 0.3 is 0 Å². The Morgan fingerprint density at radius 2 is 1.84 bits per heavy atom. The summed E-state index contributed by atoms with van der Waals surface area (Å²) in [4.78, 5) is 23.5. The highest BCUT2D eigenvalue weighted by Gasteiger charge is 2.37. The maximum Gasteiger partial charge on any atom is 0.280 e. The molecule has 0 unspecified atom stereocenters. The number of nitrogen functional groups attached to an aromatic ring is 1. The highest BCUT2D eigenvalue weighted by molar-refractivity contribution is 5.76. The van der Waals surface area contributed by atoms with Gasteiger partial charge in [-0.05, 0) is 23.3 Å². The number of aliphatic hydroxyl groups excluding tert-OH is 2. The summed E-state index contributed by atoms with van der Waals surface area (Å²) >= 11 is 0. The predicted octanol–water partition coefficient (Wildman–Crippen LogP) is 1.75. The Bertz CT molecular complexity index is 1300. The monoisotopic (exact) mass is 434 g/mol. The van der Waals surface area contributed by atoms with Crippen LogP contribution in [0, 0.1) is 0 Å². The standard InChI is InChI=1S/C22H22N6O4/c23-21-26-19-18(20(31)27-21)25-22(28(19)17-10-15(30)16(11-29)32-17)24-14-8-6-13(7-9-14)12-4-2-1-3-5-12/h1-9,15-17,29-30H,10-11H2,(H,24,25)(H3,23,26,27,31)/t15-,16+,17+/m0/s1. The van der Waals surface area contributed by atoms with Crippen molar-refractivity contribution in [3.63, 3.8) is 0 Å². The van der Waals surface area contributed by atoms with Crippen LogP contribution < -0.4 is 16.6 Å². The molecule has 0 aliphatic carbocycles. The summed E-state index contributed by atoms with van der Waals surface area (Å²) in [5.41, 5.74) is 8.48. The second kappa shape index (κ2) is 8.08. The van der Waals surface area contributed by atoms with Crippen molar-refractivity contribution in [2.24, 2.45) is 0 Å². The van der Waals surface area contributed by atoms with E-state index in [4.69, 9.17) is 10.5 Å². The van der Waals surface area contributed by atoms with Crippen LogP contribution in [0.5, 0.6) is 0 Å². The number of ether oxygens (including phenoxy) is 1. The molecule has 0 amide bonds. The van der Waals surface area contributed by atoms with E-state index < -0.39 is 24.0 Å². The average Bonchev–Trinajstić information content (AvgIpc) is 3.34. The lowest BCUT2D eigenvalue weighted by molar-refractivity contribution is -0.0425. The smallest absolute Gasteiger partial charge is 0.280 e. The lowest BCUT2D eigenvalue weighted by Crippen LogP contribution is -2.24. The molecule has 2 aromatic carbocycles. The Kier molecular flexibility index (Phi) is 5.10. The maximum absolute atomic E-state index is 12.4. The van der Waals surface area contributed by atoms with Crippen LogP contribution in [0.3, 0.4) is 0 Å². The molecular formula is C22H22N6O4. The second-order valence-corrected chi connectivity index (χ2v) is 7.61. The van der Waals surface area contributed by atoms with Crippen molar-refractivity contribution in [2.45, 2.75) is 24.9 Å². The Morgan fingerprint density at radius 1 is 1.12 bits per heavy atom. The van der Waals surface area contributed by atoms with Crippen molar-refractivity contribution in [3.05, 3.63) is 65.0 Å². The summed E-state index contributed by atoms with van der Waals surface area (Å²) in [6.07, 6.45) is -2.09. The van der Waals surface area contributed by atoms with Crippen LogP contribution in [0.25, 0.3) is 22.3 Å². The van der Waals surface area contributed by atoms with Gasteiger partial charge < -0.3 is 26.0 Å². The predicted molar refractivity (Wildman–Crippen MR) is 119 cm³/mol. The number of aliphatic hydroxyl groups is 2. The van der Waals surface area contributed by atoms with Crippen molar-refractivity contribution >= 4 is 28.7 Å². The highest BCUT2D eigenvalue weighted by atomic mass is 16.5. The van der Waals surface area contributed by atoms with E-state index >= 15 is 0 Å². The van der Waals surface area contributed by atoms with Gasteiger partial charge in [-0.1, -0.05) is 42.5 Å². The van der Waals surface area contributed by atoms with Gasteiger partial charge in [-0.2, -0.15) is 4.98 Å². The number of aromatic nitrogens is 4. The second-order valence-electron chi connectivity index (χ2n) is 7.61. The van der Waals surface area contributed by atoms with Crippen molar-refractivity contribution in [1.82, 2.24) is 19.5 Å². The molecule has 1 saturated heterocycles. The molecule has 2 aromatic heterocycles. The van der Waals surface area contributed by atoms with Gasteiger partial charge in [-0.25, -0.2) is 4.98 Å². The molecule has 0 radical (unpaired) electrons. The van der Waals surface area contributed by atoms with Crippen molar-refractivity contribution < 1.29 is 14.9 Å². The van der Waals surface area contributed by atoms with E-state index in [-0.39, 0.29) is 30.1 Å². The molecule has 3 heterocycles. The molecule has 3 atom stereocenters. The Morgan fingerprint density at radius 3 is 2.53 bits per heavy atom. The van der Waals surface area contributed by atoms with E-state index in [1.807, 2.05) is 54.6 Å². The molecular weight excluding hydrogens is 412 g/mol. The zero-order valence-electron chi connectivity index (χ0n) is 17.0. The number of aromatic amines is 1. The minimum absolute atomic E-state index is 0.0559. The van der Waals surface area contributed by atoms with E-state index in [1.54, 1.807) is 4.57 Å². The van der Waals surface area contributed by atoms with Crippen LogP contribution in [0.15, 0.2) is 59.4 Å². The van der Waals surface area contributed by atoms with Crippen LogP contribution in [0.2, 0.25) is 0 Å². The van der Waals surface area contributed by atoms with Crippen LogP contribution >= 0.6 is 0 Å². The summed E-state index contributed by atoms with van der Waals surface area (Å²) in [7, 11) is 0. The van der Waals surface area contributed by atoms with E-state index in [2.05, 4.69) is 20.3 Å². The Balaban J connectivity index is 1.53. The van der Waals surface area contributed by atoms with Gasteiger partial charge in [0.05, 0.1) is 12.7 Å². The van der Waals surface area contributed by atoms with Crippen LogP contribution in [-0.4, -0.2) is 48.5 Å². The summed E-state index contributed by atoms with van der Waals surface area (Å²) in [6.45, 7) is -0.329. The average molecular weight is 434 g/mol. The van der Waals surface area contributed by atoms with Crippen LogP contribution in [-0.2, 0) is 4.74 Å². The molecule has 5 rings (SSSR count). The summed E-state index contributed by atoms with van der Waals surface area (Å²) in [5.74, 6) is 0.256. The number of nitrogens with two attached hydrogens (primary N) is 1. The van der Waals surface area contributed by atoms with Gasteiger partial charge in [0, 0.05) is 12.1 Å². The molecule has 0 spiro atoms. The first-order valence-electron chi connectivity index (χ1n) is 10.2. The number of nitrogens with zero attached hydrogens (tertiary/aromatic N) is 3. The zero-order chi connectivity index (χ0) is 22.2. The molecule has 164 valence electrons. The fourth-order valence-corrected chi connectivity index (χ4v) is 3.90. The van der Waals surface area contributed by atoms with Gasteiger partial charge in [0.2, 0.25) is 11.9 Å². The van der Waals surface area contributed by atoms with E-state index in [0.717, 1.165) is 16.8 Å². The fraction of sp³-hybridized carbons (Fsp3) is 0.227. The number of H-pyrrole nitrogens is 1. The molecule has 10 nitrogen and oxygen atoms in total. The number of imidazole rings is 1. The molecule has 0 bridgehead atoms. The highest BCUT2D eigenvalue weighted by Crippen LogP contribution is 2.34. The van der Waals surface area contributed by atoms with E-state index in [1.165, 1.54) is 0 Å². The van der Waals surface area contributed by atoms with Gasteiger partial charge in [0.25, 0.3) is 5.56 Å². The van der Waals surface area contributed by atoms with Gasteiger partial charge in [0.1, 0.15) is 12.3 Å². The first-order valence-corrected chi connectivity index (χ1v) is 10.2. The topological polar surface area (TPSA) is 151 Å². The number of hydrogen-bond acceptors (Lipinski definition) is 8. The molecule has 10 heteroatoms. The minimum atomic E-state index is -0.861. The molecule has 1 aliphatic rings. The van der Waals surface area contributed by atoms with Gasteiger partial charge in [-0.15, -0.1) is 0 Å². The number of hydrogen-bond donors (Lipinski definition) is 5. The lowest BCUT2D eigenvalue weighted by Gasteiger charge is -2.17. The molecule has 0 saturated carbocycles. The van der Waals surface area contributed by atoms with Crippen molar-refractivity contribution in [1.29, 1.82) is 0 Å². The van der Waals surface area contributed by atoms with Crippen LogP contribution in [0.1, 0.15) is 12.6 Å². The SMILES string of the molecule is Nc1nc2c(nc(Nc3ccc(-c4ccccc4)cc3)n2[C@H]2C[C@H](O)[C@@H](CO)O2)c(=O)[nH]1. The number of anilines is 3. The Labute approximate surface area is 182 Å². The van der Waals surface area contributed by atoms with E-state index in [0.29, 0.717) is 5.95 Å². The Hall–Kier alpha value is -3.73. The van der Waals surface area contributed by atoms with E-state index in [9.17, 15) is 15.0 Å². The number of benzene rings is 2. The lowest BCUT2D eigenvalue weighted by atomic mass is 10.1. The largest absolute Gasteiger partial charge is 0.394 e. The fourth-order valence-electron chi connectivity index (χ4n) is 3.90. The minimum Gasteiger partial charge on any atom is -0.394 e. The number of nitrogens with one attached hydrogen (secondary N) is 2. The molecule has 6 N–H and O–H groups in total. The normalized spacial score (nSPS) is 20.6. The van der Waals surface area contributed by atoms with Crippen molar-refractivity contribution in [3.8, 4) is 11.1 Å². The molecule has 1 aliphatic heterocycles. The zero-order valence-corrected chi connectivity index (χ0v) is 17.0. The quantitative estimate of drug-likeness (QED) is 0.319. The third kappa shape index (κ3) is 3.60. The molecule has 4 aromatic rings. The maximum atomic E-state index is 12.4.